The van der Waals surface area contributed by atoms with E-state index in [1.807, 2.05) is 6.07 Å². The van der Waals surface area contributed by atoms with Gasteiger partial charge in [-0.1, -0.05) is 25.0 Å². The van der Waals surface area contributed by atoms with Crippen LogP contribution in [0.5, 0.6) is 11.5 Å². The van der Waals surface area contributed by atoms with Gasteiger partial charge < -0.3 is 9.47 Å². The van der Waals surface area contributed by atoms with Crippen LogP contribution in [-0.2, 0) is 6.54 Å². The molecule has 3 heteroatoms. The fourth-order valence-electron chi connectivity index (χ4n) is 3.42. The van der Waals surface area contributed by atoms with Gasteiger partial charge in [-0.3, -0.25) is 4.90 Å². The minimum Gasteiger partial charge on any atom is -0.486 e. The second kappa shape index (κ2) is 6.04. The minimum atomic E-state index is 0.568. The van der Waals surface area contributed by atoms with Crippen LogP contribution in [0, 0.1) is 0 Å². The average molecular weight is 275 g/mol. The van der Waals surface area contributed by atoms with Gasteiger partial charge in [-0.05, 0) is 32.8 Å². The molecule has 2 aliphatic rings. The molecule has 1 aromatic rings. The summed E-state index contributed by atoms with van der Waals surface area (Å²) >= 11 is 0. The van der Waals surface area contributed by atoms with Gasteiger partial charge in [0.15, 0.2) is 11.5 Å². The van der Waals surface area contributed by atoms with Crippen molar-refractivity contribution < 1.29 is 9.47 Å². The molecular formula is C17H25NO2. The SMILES string of the molecule is CC(C)N(Cc1cccc2c1OCCO2)C1CCCC1. The Labute approximate surface area is 121 Å². The third-order valence-electron chi connectivity index (χ3n) is 4.46. The summed E-state index contributed by atoms with van der Waals surface area (Å²) in [6.45, 7) is 6.88. The van der Waals surface area contributed by atoms with Crippen LogP contribution in [0.3, 0.4) is 0 Å². The van der Waals surface area contributed by atoms with Crippen molar-refractivity contribution in [3.8, 4) is 11.5 Å². The minimum absolute atomic E-state index is 0.568. The molecule has 0 unspecified atom stereocenters. The van der Waals surface area contributed by atoms with E-state index in [0.29, 0.717) is 19.3 Å². The largest absolute Gasteiger partial charge is 0.486 e. The van der Waals surface area contributed by atoms with E-state index in [4.69, 9.17) is 9.47 Å². The van der Waals surface area contributed by atoms with Crippen molar-refractivity contribution in [1.82, 2.24) is 4.90 Å². The summed E-state index contributed by atoms with van der Waals surface area (Å²) in [7, 11) is 0. The van der Waals surface area contributed by atoms with E-state index in [2.05, 4.69) is 30.9 Å². The zero-order valence-corrected chi connectivity index (χ0v) is 12.6. The Morgan fingerprint density at radius 2 is 1.90 bits per heavy atom. The highest BCUT2D eigenvalue weighted by molar-refractivity contribution is 5.47. The quantitative estimate of drug-likeness (QED) is 0.838. The second-order valence-corrected chi connectivity index (χ2v) is 6.15. The predicted octanol–water partition coefficient (Wildman–Crippen LogP) is 3.61. The van der Waals surface area contributed by atoms with Gasteiger partial charge in [0.05, 0.1) is 0 Å². The number of hydrogen-bond donors (Lipinski definition) is 0. The molecule has 1 aliphatic heterocycles. The summed E-state index contributed by atoms with van der Waals surface area (Å²) in [6.07, 6.45) is 5.43. The number of benzene rings is 1. The van der Waals surface area contributed by atoms with Gasteiger partial charge >= 0.3 is 0 Å². The molecule has 0 N–H and O–H groups in total. The Hall–Kier alpha value is -1.22. The maximum atomic E-state index is 5.85. The Balaban J connectivity index is 1.81. The molecule has 0 atom stereocenters. The van der Waals surface area contributed by atoms with E-state index < -0.39 is 0 Å². The first-order chi connectivity index (χ1) is 9.75. The molecule has 0 aromatic heterocycles. The fraction of sp³-hybridized carbons (Fsp3) is 0.647. The maximum absolute atomic E-state index is 5.85. The van der Waals surface area contributed by atoms with Crippen molar-refractivity contribution in [3.63, 3.8) is 0 Å². The van der Waals surface area contributed by atoms with Crippen molar-refractivity contribution in [3.05, 3.63) is 23.8 Å². The number of rotatable bonds is 4. The zero-order chi connectivity index (χ0) is 13.9. The van der Waals surface area contributed by atoms with Crippen molar-refractivity contribution >= 4 is 0 Å². The smallest absolute Gasteiger partial charge is 0.165 e. The summed E-state index contributed by atoms with van der Waals surface area (Å²) in [6, 6.07) is 7.56. The highest BCUT2D eigenvalue weighted by atomic mass is 16.6. The zero-order valence-electron chi connectivity index (χ0n) is 12.6. The van der Waals surface area contributed by atoms with Crippen molar-refractivity contribution in [1.29, 1.82) is 0 Å². The number of para-hydroxylation sites is 1. The number of fused-ring (bicyclic) bond motifs is 1. The molecule has 1 fully saturated rings. The molecule has 1 heterocycles. The van der Waals surface area contributed by atoms with E-state index >= 15 is 0 Å². The van der Waals surface area contributed by atoms with Crippen LogP contribution in [0.15, 0.2) is 18.2 Å². The fourth-order valence-corrected chi connectivity index (χ4v) is 3.42. The molecule has 0 amide bonds. The molecule has 0 bridgehead atoms. The summed E-state index contributed by atoms with van der Waals surface area (Å²) in [4.78, 5) is 2.63. The molecule has 0 saturated heterocycles. The third-order valence-corrected chi connectivity index (χ3v) is 4.46. The Morgan fingerprint density at radius 3 is 2.65 bits per heavy atom. The van der Waals surface area contributed by atoms with E-state index in [1.54, 1.807) is 0 Å². The van der Waals surface area contributed by atoms with Crippen LogP contribution >= 0.6 is 0 Å². The van der Waals surface area contributed by atoms with Crippen molar-refractivity contribution in [2.75, 3.05) is 13.2 Å². The van der Waals surface area contributed by atoms with Gasteiger partial charge in [-0.25, -0.2) is 0 Å². The van der Waals surface area contributed by atoms with Crippen LogP contribution in [0.4, 0.5) is 0 Å². The van der Waals surface area contributed by atoms with E-state index in [1.165, 1.54) is 31.2 Å². The lowest BCUT2D eigenvalue weighted by Gasteiger charge is -2.33. The lowest BCUT2D eigenvalue weighted by Crippen LogP contribution is -2.38. The normalized spacial score (nSPS) is 19.0. The summed E-state index contributed by atoms with van der Waals surface area (Å²) < 4.78 is 11.5. The first kappa shape index (κ1) is 13.7. The Bertz CT molecular complexity index is 452. The van der Waals surface area contributed by atoms with Gasteiger partial charge in [0.25, 0.3) is 0 Å². The molecule has 1 aliphatic carbocycles. The third kappa shape index (κ3) is 2.78. The lowest BCUT2D eigenvalue weighted by atomic mass is 10.1. The molecule has 3 rings (SSSR count). The van der Waals surface area contributed by atoms with Gasteiger partial charge in [-0.2, -0.15) is 0 Å². The predicted molar refractivity (Wildman–Crippen MR) is 80.4 cm³/mol. The monoisotopic (exact) mass is 275 g/mol. The average Bonchev–Trinajstić information content (AvgIpc) is 2.98. The van der Waals surface area contributed by atoms with E-state index in [9.17, 15) is 0 Å². The van der Waals surface area contributed by atoms with E-state index in [0.717, 1.165) is 24.1 Å². The number of ether oxygens (including phenoxy) is 2. The number of hydrogen-bond acceptors (Lipinski definition) is 3. The topological polar surface area (TPSA) is 21.7 Å². The molecule has 110 valence electrons. The van der Waals surface area contributed by atoms with Gasteiger partial charge in [0.2, 0.25) is 0 Å². The van der Waals surface area contributed by atoms with Crippen LogP contribution in [0.2, 0.25) is 0 Å². The van der Waals surface area contributed by atoms with Crippen LogP contribution < -0.4 is 9.47 Å². The Kier molecular flexibility index (Phi) is 4.16. The standard InChI is InChI=1S/C17H25NO2/c1-13(2)18(15-7-3-4-8-15)12-14-6-5-9-16-17(14)20-11-10-19-16/h5-6,9,13,15H,3-4,7-8,10-12H2,1-2H3. The lowest BCUT2D eigenvalue weighted by molar-refractivity contribution is 0.136. The molecule has 1 aromatic carbocycles. The molecule has 0 radical (unpaired) electrons. The van der Waals surface area contributed by atoms with Gasteiger partial charge in [0, 0.05) is 24.2 Å². The molecule has 1 saturated carbocycles. The second-order valence-electron chi connectivity index (χ2n) is 6.15. The maximum Gasteiger partial charge on any atom is 0.165 e. The summed E-state index contributed by atoms with van der Waals surface area (Å²) in [5.41, 5.74) is 1.27. The van der Waals surface area contributed by atoms with Crippen molar-refractivity contribution in [2.45, 2.75) is 58.2 Å². The van der Waals surface area contributed by atoms with Crippen LogP contribution in [-0.4, -0.2) is 30.2 Å². The first-order valence-corrected chi connectivity index (χ1v) is 7.89. The molecule has 0 spiro atoms. The highest BCUT2D eigenvalue weighted by Crippen LogP contribution is 2.36. The van der Waals surface area contributed by atoms with Crippen molar-refractivity contribution in [2.24, 2.45) is 0 Å². The molecular weight excluding hydrogens is 250 g/mol. The molecule has 3 nitrogen and oxygen atoms in total. The van der Waals surface area contributed by atoms with Crippen LogP contribution in [0.25, 0.3) is 0 Å². The summed E-state index contributed by atoms with van der Waals surface area (Å²) in [5.74, 6) is 1.87. The van der Waals surface area contributed by atoms with Crippen LogP contribution in [0.1, 0.15) is 45.1 Å². The highest BCUT2D eigenvalue weighted by Gasteiger charge is 2.26. The number of nitrogens with zero attached hydrogens (tertiary/aromatic N) is 1. The Morgan fingerprint density at radius 1 is 1.15 bits per heavy atom. The summed E-state index contributed by atoms with van der Waals surface area (Å²) in [5, 5.41) is 0. The molecule has 20 heavy (non-hydrogen) atoms. The first-order valence-electron chi connectivity index (χ1n) is 7.89. The van der Waals surface area contributed by atoms with Gasteiger partial charge in [-0.15, -0.1) is 0 Å². The van der Waals surface area contributed by atoms with E-state index in [-0.39, 0.29) is 0 Å². The van der Waals surface area contributed by atoms with Gasteiger partial charge in [0.1, 0.15) is 13.2 Å².